The highest BCUT2D eigenvalue weighted by Gasteiger charge is 2.24. The quantitative estimate of drug-likeness (QED) is 0.797. The second-order valence-corrected chi connectivity index (χ2v) is 5.95. The average molecular weight is 334 g/mol. The average Bonchev–Trinajstić information content (AvgIpc) is 3.06. The second-order valence-electron chi connectivity index (χ2n) is 5.95. The van der Waals surface area contributed by atoms with Crippen molar-refractivity contribution in [2.24, 2.45) is 0 Å². The number of pyridine rings is 1. The van der Waals surface area contributed by atoms with Crippen LogP contribution in [0.2, 0.25) is 0 Å². The van der Waals surface area contributed by atoms with E-state index in [2.05, 4.69) is 26.6 Å². The van der Waals surface area contributed by atoms with Crippen LogP contribution in [0.25, 0.3) is 11.4 Å². The molecule has 1 aliphatic heterocycles. The van der Waals surface area contributed by atoms with Crippen LogP contribution in [-0.4, -0.2) is 25.8 Å². The number of nitriles is 1. The first-order valence-electron chi connectivity index (χ1n) is 8.04. The molecule has 0 amide bonds. The van der Waals surface area contributed by atoms with Gasteiger partial charge in [0.1, 0.15) is 23.5 Å². The van der Waals surface area contributed by atoms with Crippen molar-refractivity contribution in [3.05, 3.63) is 59.8 Å². The molecule has 0 saturated heterocycles. The van der Waals surface area contributed by atoms with Gasteiger partial charge in [-0.1, -0.05) is 0 Å². The minimum absolute atomic E-state index is 0.115. The first-order chi connectivity index (χ1) is 12.2. The molecule has 1 aliphatic rings. The van der Waals surface area contributed by atoms with E-state index in [9.17, 15) is 9.65 Å². The largest absolute Gasteiger partial charge is 0.364 e. The summed E-state index contributed by atoms with van der Waals surface area (Å²) in [5.41, 5.74) is 1.35. The molecule has 3 aromatic rings. The summed E-state index contributed by atoms with van der Waals surface area (Å²) < 4.78 is 15.2. The van der Waals surface area contributed by atoms with Gasteiger partial charge in [0.2, 0.25) is 0 Å². The fraction of sp³-hybridized carbons (Fsp3) is 0.222. The van der Waals surface area contributed by atoms with Crippen molar-refractivity contribution in [3.63, 3.8) is 0 Å². The van der Waals surface area contributed by atoms with Crippen molar-refractivity contribution in [1.29, 1.82) is 5.26 Å². The zero-order valence-corrected chi connectivity index (χ0v) is 13.4. The number of aromatic nitrogens is 4. The van der Waals surface area contributed by atoms with Gasteiger partial charge in [-0.2, -0.15) is 5.26 Å². The van der Waals surface area contributed by atoms with Crippen LogP contribution in [0.15, 0.2) is 42.6 Å². The molecular formula is C18H15FN6. The van der Waals surface area contributed by atoms with Crippen LogP contribution < -0.4 is 5.32 Å². The molecule has 0 bridgehead atoms. The zero-order valence-electron chi connectivity index (χ0n) is 13.4. The molecule has 0 aliphatic carbocycles. The Hall–Kier alpha value is -3.27. The molecular weight excluding hydrogens is 319 g/mol. The third-order valence-electron chi connectivity index (χ3n) is 4.32. The molecule has 124 valence electrons. The lowest BCUT2D eigenvalue weighted by atomic mass is 10.1. The maximum Gasteiger partial charge on any atom is 0.164 e. The molecule has 6 nitrogen and oxygen atoms in total. The number of hydrogen-bond donors (Lipinski definition) is 1. The molecule has 7 heteroatoms. The molecule has 0 saturated carbocycles. The number of nitrogens with zero attached hydrogens (tertiary/aromatic N) is 5. The summed E-state index contributed by atoms with van der Waals surface area (Å²) in [6.45, 7) is 0.663. The minimum atomic E-state index is -0.277. The normalized spacial score (nSPS) is 16.1. The molecule has 25 heavy (non-hydrogen) atoms. The Morgan fingerprint density at radius 3 is 2.84 bits per heavy atom. The van der Waals surface area contributed by atoms with Crippen molar-refractivity contribution in [2.45, 2.75) is 25.4 Å². The fourth-order valence-corrected chi connectivity index (χ4v) is 3.06. The smallest absolute Gasteiger partial charge is 0.164 e. The summed E-state index contributed by atoms with van der Waals surface area (Å²) in [7, 11) is 0. The number of benzene rings is 1. The molecule has 2 aromatic heterocycles. The van der Waals surface area contributed by atoms with Gasteiger partial charge < -0.3 is 9.88 Å². The highest BCUT2D eigenvalue weighted by molar-refractivity contribution is 5.56. The van der Waals surface area contributed by atoms with Crippen LogP contribution >= 0.6 is 0 Å². The van der Waals surface area contributed by atoms with Crippen LogP contribution in [0, 0.1) is 17.1 Å². The van der Waals surface area contributed by atoms with Crippen LogP contribution in [0.4, 0.5) is 10.2 Å². The lowest BCUT2D eigenvalue weighted by molar-refractivity contribution is 0.478. The molecule has 0 spiro atoms. The number of aryl methyl sites for hydroxylation is 1. The fourth-order valence-electron chi connectivity index (χ4n) is 3.06. The van der Waals surface area contributed by atoms with Gasteiger partial charge in [-0.3, -0.25) is 0 Å². The maximum atomic E-state index is 13.2. The third-order valence-corrected chi connectivity index (χ3v) is 4.32. The summed E-state index contributed by atoms with van der Waals surface area (Å²) >= 11 is 0. The first-order valence-corrected chi connectivity index (χ1v) is 8.04. The Kier molecular flexibility index (Phi) is 3.86. The topological polar surface area (TPSA) is 79.4 Å². The number of nitrogens with one attached hydrogen (secondary N) is 1. The van der Waals surface area contributed by atoms with Gasteiger partial charge in [0.15, 0.2) is 5.82 Å². The molecule has 0 fully saturated rings. The predicted octanol–water partition coefficient (Wildman–Crippen LogP) is 2.78. The number of fused-ring (bicyclic) bond motifs is 1. The number of halogens is 1. The minimum Gasteiger partial charge on any atom is -0.364 e. The van der Waals surface area contributed by atoms with E-state index in [0.29, 0.717) is 17.9 Å². The highest BCUT2D eigenvalue weighted by atomic mass is 19.1. The predicted molar refractivity (Wildman–Crippen MR) is 90.1 cm³/mol. The standard InChI is InChI=1S/C18H15FN6/c19-14-5-3-12(4-6-14)18-24-23-16-8-7-15(11-25(16)18)22-17-13(10-20)2-1-9-21-17/h1-6,9,15H,7-8,11H2,(H,21,22). The maximum absolute atomic E-state index is 13.2. The van der Waals surface area contributed by atoms with Crippen molar-refractivity contribution >= 4 is 5.82 Å². The lowest BCUT2D eigenvalue weighted by Crippen LogP contribution is -2.32. The van der Waals surface area contributed by atoms with E-state index < -0.39 is 0 Å². The van der Waals surface area contributed by atoms with Crippen LogP contribution in [0.5, 0.6) is 0 Å². The van der Waals surface area contributed by atoms with Crippen molar-refractivity contribution < 1.29 is 4.39 Å². The third kappa shape index (κ3) is 2.94. The van der Waals surface area contributed by atoms with Gasteiger partial charge in [-0.15, -0.1) is 10.2 Å². The van der Waals surface area contributed by atoms with E-state index in [0.717, 1.165) is 30.1 Å². The Bertz CT molecular complexity index is 941. The Labute approximate surface area is 144 Å². The van der Waals surface area contributed by atoms with Gasteiger partial charge in [0.05, 0.1) is 5.56 Å². The van der Waals surface area contributed by atoms with Gasteiger partial charge >= 0.3 is 0 Å². The van der Waals surface area contributed by atoms with Crippen molar-refractivity contribution in [1.82, 2.24) is 19.7 Å². The van der Waals surface area contributed by atoms with Crippen LogP contribution in [0.3, 0.4) is 0 Å². The van der Waals surface area contributed by atoms with Crippen molar-refractivity contribution in [2.75, 3.05) is 5.32 Å². The Morgan fingerprint density at radius 1 is 1.20 bits per heavy atom. The summed E-state index contributed by atoms with van der Waals surface area (Å²) in [6.07, 6.45) is 3.32. The first kappa shape index (κ1) is 15.3. The SMILES string of the molecule is N#Cc1cccnc1NC1CCc2nnc(-c3ccc(F)cc3)n2C1. The Morgan fingerprint density at radius 2 is 2.04 bits per heavy atom. The lowest BCUT2D eigenvalue weighted by Gasteiger charge is -2.26. The molecule has 4 rings (SSSR count). The highest BCUT2D eigenvalue weighted by Crippen LogP contribution is 2.25. The van der Waals surface area contributed by atoms with E-state index in [4.69, 9.17) is 0 Å². The van der Waals surface area contributed by atoms with E-state index in [-0.39, 0.29) is 11.9 Å². The van der Waals surface area contributed by atoms with E-state index in [1.165, 1.54) is 12.1 Å². The van der Waals surface area contributed by atoms with Gasteiger partial charge in [-0.05, 0) is 42.8 Å². The number of hydrogen-bond acceptors (Lipinski definition) is 5. The molecule has 1 atom stereocenters. The Balaban J connectivity index is 1.60. The van der Waals surface area contributed by atoms with E-state index in [1.807, 2.05) is 4.57 Å². The summed E-state index contributed by atoms with van der Waals surface area (Å²) in [5.74, 6) is 1.96. The molecule has 1 aromatic carbocycles. The second kappa shape index (κ2) is 6.32. The molecule has 3 heterocycles. The zero-order chi connectivity index (χ0) is 17.2. The van der Waals surface area contributed by atoms with Crippen molar-refractivity contribution in [3.8, 4) is 17.5 Å². The van der Waals surface area contributed by atoms with E-state index in [1.54, 1.807) is 30.5 Å². The van der Waals surface area contributed by atoms with Crippen LogP contribution in [-0.2, 0) is 13.0 Å². The van der Waals surface area contributed by atoms with E-state index >= 15 is 0 Å². The van der Waals surface area contributed by atoms with Gasteiger partial charge in [-0.25, -0.2) is 9.37 Å². The molecule has 1 N–H and O–H groups in total. The molecule has 0 radical (unpaired) electrons. The number of rotatable bonds is 3. The number of anilines is 1. The monoisotopic (exact) mass is 334 g/mol. The molecule has 1 unspecified atom stereocenters. The summed E-state index contributed by atoms with van der Waals surface area (Å²) in [5, 5.41) is 21.1. The van der Waals surface area contributed by atoms with Gasteiger partial charge in [0.25, 0.3) is 0 Å². The van der Waals surface area contributed by atoms with Crippen LogP contribution in [0.1, 0.15) is 17.8 Å². The van der Waals surface area contributed by atoms with Gasteiger partial charge in [0, 0.05) is 30.8 Å². The summed E-state index contributed by atoms with van der Waals surface area (Å²) in [4.78, 5) is 4.26. The summed E-state index contributed by atoms with van der Waals surface area (Å²) in [6, 6.07) is 12.0.